The predicted molar refractivity (Wildman–Crippen MR) is 76.5 cm³/mol. The molecule has 0 fully saturated rings. The van der Waals surface area contributed by atoms with E-state index in [1.807, 2.05) is 30.3 Å². The predicted octanol–water partition coefficient (Wildman–Crippen LogP) is 2.39. The van der Waals surface area contributed by atoms with E-state index in [9.17, 15) is 4.79 Å². The third-order valence-electron chi connectivity index (χ3n) is 3.25. The molecule has 1 atom stereocenters. The van der Waals surface area contributed by atoms with E-state index < -0.39 is 6.04 Å². The number of halogens is 1. The Morgan fingerprint density at radius 2 is 2.00 bits per heavy atom. The lowest BCUT2D eigenvalue weighted by atomic mass is 10.1. The molecule has 3 rings (SSSR count). The van der Waals surface area contributed by atoms with Crippen molar-refractivity contribution in [2.75, 3.05) is 4.90 Å². The lowest BCUT2D eigenvalue weighted by Gasteiger charge is -2.17. The van der Waals surface area contributed by atoms with Gasteiger partial charge in [-0.25, -0.2) is 0 Å². The topological polar surface area (TPSA) is 59.2 Å². The van der Waals surface area contributed by atoms with Crippen LogP contribution in [0.15, 0.2) is 47.2 Å². The van der Waals surface area contributed by atoms with Gasteiger partial charge in [-0.15, -0.1) is 0 Å². The molecule has 1 amide bonds. The zero-order valence-corrected chi connectivity index (χ0v) is 11.7. The molecule has 1 unspecified atom stereocenters. The number of amides is 1. The quantitative estimate of drug-likeness (QED) is 0.925. The first-order valence-electron chi connectivity index (χ1n) is 5.93. The number of carbonyl (C=O) groups excluding carboxylic acids is 1. The molecule has 96 valence electrons. The number of anilines is 1. The summed E-state index contributed by atoms with van der Waals surface area (Å²) in [6.07, 6.45) is 3.44. The van der Waals surface area contributed by atoms with Crippen molar-refractivity contribution in [2.24, 2.45) is 5.73 Å². The van der Waals surface area contributed by atoms with Gasteiger partial charge < -0.3 is 10.6 Å². The second kappa shape index (κ2) is 4.75. The van der Waals surface area contributed by atoms with Gasteiger partial charge in [0, 0.05) is 22.4 Å². The maximum Gasteiger partial charge on any atom is 0.248 e. The van der Waals surface area contributed by atoms with Gasteiger partial charge in [0.2, 0.25) is 5.91 Å². The van der Waals surface area contributed by atoms with Gasteiger partial charge in [-0.05, 0) is 29.8 Å². The summed E-state index contributed by atoms with van der Waals surface area (Å²) in [7, 11) is 0. The van der Waals surface area contributed by atoms with E-state index in [4.69, 9.17) is 5.73 Å². The molecule has 4 nitrogen and oxygen atoms in total. The third-order valence-corrected chi connectivity index (χ3v) is 3.95. The molecule has 0 bridgehead atoms. The van der Waals surface area contributed by atoms with Gasteiger partial charge in [0.1, 0.15) is 6.04 Å². The van der Waals surface area contributed by atoms with Gasteiger partial charge in [0.05, 0.1) is 12.2 Å². The van der Waals surface area contributed by atoms with E-state index in [1.165, 1.54) is 0 Å². The van der Waals surface area contributed by atoms with Gasteiger partial charge in [-0.3, -0.25) is 9.78 Å². The third kappa shape index (κ3) is 2.05. The Balaban J connectivity index is 2.00. The number of pyridine rings is 1. The Hall–Kier alpha value is -1.72. The van der Waals surface area contributed by atoms with Crippen LogP contribution >= 0.6 is 15.9 Å². The average molecular weight is 318 g/mol. The molecule has 0 aliphatic carbocycles. The Morgan fingerprint density at radius 3 is 2.74 bits per heavy atom. The molecule has 2 heterocycles. The summed E-state index contributed by atoms with van der Waals surface area (Å²) in [5, 5.41) is 0. The minimum Gasteiger partial charge on any atom is -0.316 e. The van der Waals surface area contributed by atoms with Gasteiger partial charge in [-0.2, -0.15) is 0 Å². The molecule has 19 heavy (non-hydrogen) atoms. The molecule has 0 spiro atoms. The van der Waals surface area contributed by atoms with Crippen molar-refractivity contribution in [3.63, 3.8) is 0 Å². The van der Waals surface area contributed by atoms with Crippen molar-refractivity contribution >= 4 is 27.5 Å². The normalized spacial score (nSPS) is 17.7. The highest BCUT2D eigenvalue weighted by molar-refractivity contribution is 9.10. The molecule has 1 aliphatic rings. The van der Waals surface area contributed by atoms with E-state index >= 15 is 0 Å². The molecule has 5 heteroatoms. The SMILES string of the molecule is NC1C(=O)N(Cc2ccncc2)c2cccc(Br)c21. The number of hydrogen-bond acceptors (Lipinski definition) is 3. The highest BCUT2D eigenvalue weighted by Gasteiger charge is 2.36. The van der Waals surface area contributed by atoms with Crippen LogP contribution in [-0.4, -0.2) is 10.9 Å². The average Bonchev–Trinajstić information content (AvgIpc) is 2.66. The molecular weight excluding hydrogens is 306 g/mol. The largest absolute Gasteiger partial charge is 0.316 e. The molecular formula is C14H12BrN3O. The van der Waals surface area contributed by atoms with Gasteiger partial charge >= 0.3 is 0 Å². The van der Waals surface area contributed by atoms with Crippen LogP contribution < -0.4 is 10.6 Å². The maximum absolute atomic E-state index is 12.3. The molecule has 0 saturated carbocycles. The van der Waals surface area contributed by atoms with Crippen molar-refractivity contribution in [1.29, 1.82) is 0 Å². The number of carbonyl (C=O) groups is 1. The van der Waals surface area contributed by atoms with Crippen molar-refractivity contribution in [3.05, 3.63) is 58.3 Å². The minimum absolute atomic E-state index is 0.0706. The minimum atomic E-state index is -0.590. The Bertz CT molecular complexity index is 630. The van der Waals surface area contributed by atoms with E-state index in [2.05, 4.69) is 20.9 Å². The maximum atomic E-state index is 12.3. The monoisotopic (exact) mass is 317 g/mol. The van der Waals surface area contributed by atoms with E-state index in [0.29, 0.717) is 6.54 Å². The molecule has 0 saturated heterocycles. The van der Waals surface area contributed by atoms with Gasteiger partial charge in [0.15, 0.2) is 0 Å². The first kappa shape index (κ1) is 12.3. The molecule has 1 aromatic heterocycles. The number of fused-ring (bicyclic) bond motifs is 1. The van der Waals surface area contributed by atoms with Crippen LogP contribution in [0.25, 0.3) is 0 Å². The summed E-state index contributed by atoms with van der Waals surface area (Å²) in [4.78, 5) is 18.0. The number of nitrogens with zero attached hydrogens (tertiary/aromatic N) is 2. The van der Waals surface area contributed by atoms with Crippen LogP contribution in [0, 0.1) is 0 Å². The summed E-state index contributed by atoms with van der Waals surface area (Å²) in [6, 6.07) is 8.94. The first-order chi connectivity index (χ1) is 9.18. The molecule has 2 aromatic rings. The van der Waals surface area contributed by atoms with Crippen LogP contribution in [0.1, 0.15) is 17.2 Å². The van der Waals surface area contributed by atoms with Crippen LogP contribution in [0.2, 0.25) is 0 Å². The smallest absolute Gasteiger partial charge is 0.248 e. The molecule has 2 N–H and O–H groups in total. The lowest BCUT2D eigenvalue weighted by Crippen LogP contribution is -2.31. The zero-order chi connectivity index (χ0) is 13.4. The number of nitrogens with two attached hydrogens (primary N) is 1. The Kier molecular flexibility index (Phi) is 3.08. The van der Waals surface area contributed by atoms with Crippen molar-refractivity contribution in [3.8, 4) is 0 Å². The highest BCUT2D eigenvalue weighted by Crippen LogP contribution is 2.39. The lowest BCUT2D eigenvalue weighted by molar-refractivity contribution is -0.119. The molecule has 1 aromatic carbocycles. The fourth-order valence-electron chi connectivity index (χ4n) is 2.31. The second-order valence-electron chi connectivity index (χ2n) is 4.43. The second-order valence-corrected chi connectivity index (χ2v) is 5.28. The van der Waals surface area contributed by atoms with Gasteiger partial charge in [0.25, 0.3) is 0 Å². The van der Waals surface area contributed by atoms with Crippen LogP contribution in [0.5, 0.6) is 0 Å². The number of aromatic nitrogens is 1. The Labute approximate surface area is 119 Å². The van der Waals surface area contributed by atoms with Gasteiger partial charge in [-0.1, -0.05) is 22.0 Å². The standard InChI is InChI=1S/C14H12BrN3O/c15-10-2-1-3-11-12(10)13(16)14(19)18(11)8-9-4-6-17-7-5-9/h1-7,13H,8,16H2. The first-order valence-corrected chi connectivity index (χ1v) is 6.72. The summed E-state index contributed by atoms with van der Waals surface area (Å²) in [6.45, 7) is 0.512. The zero-order valence-electron chi connectivity index (χ0n) is 10.1. The summed E-state index contributed by atoms with van der Waals surface area (Å²) >= 11 is 3.46. The summed E-state index contributed by atoms with van der Waals surface area (Å²) in [5.41, 5.74) is 8.77. The fraction of sp³-hybridized carbons (Fsp3) is 0.143. The fourth-order valence-corrected chi connectivity index (χ4v) is 2.92. The van der Waals surface area contributed by atoms with Crippen LogP contribution in [0.4, 0.5) is 5.69 Å². The van der Waals surface area contributed by atoms with E-state index in [1.54, 1.807) is 17.3 Å². The van der Waals surface area contributed by atoms with Crippen LogP contribution in [-0.2, 0) is 11.3 Å². The summed E-state index contributed by atoms with van der Waals surface area (Å²) < 4.78 is 0.878. The highest BCUT2D eigenvalue weighted by atomic mass is 79.9. The van der Waals surface area contributed by atoms with Crippen molar-refractivity contribution in [1.82, 2.24) is 4.98 Å². The summed E-state index contributed by atoms with van der Waals surface area (Å²) in [5.74, 6) is -0.0706. The number of hydrogen-bond donors (Lipinski definition) is 1. The molecule has 0 radical (unpaired) electrons. The Morgan fingerprint density at radius 1 is 1.26 bits per heavy atom. The van der Waals surface area contributed by atoms with E-state index in [0.717, 1.165) is 21.3 Å². The number of benzene rings is 1. The molecule has 1 aliphatic heterocycles. The number of rotatable bonds is 2. The van der Waals surface area contributed by atoms with E-state index in [-0.39, 0.29) is 5.91 Å². The van der Waals surface area contributed by atoms with Crippen molar-refractivity contribution < 1.29 is 4.79 Å². The van der Waals surface area contributed by atoms with Crippen LogP contribution in [0.3, 0.4) is 0 Å². The van der Waals surface area contributed by atoms with Crippen molar-refractivity contribution in [2.45, 2.75) is 12.6 Å².